The molecule has 0 spiro atoms. The number of hydrogen-bond acceptors (Lipinski definition) is 4. The minimum absolute atomic E-state index is 0.00379. The standard InChI is InChI=1S/C28H33N5O2/c1-19-12-16-24(17-13-19)33-22(4)26-21(3)30-32(28(35)27(26)31-33)18-8-11-25(34)29-20(2)14-15-23-9-6-5-7-10-23/h5-7,9-10,12-13,16-17,20H,8,11,14-15,18H2,1-4H3,(H,29,34)/t20-/m1/s1. The van der Waals surface area contributed by atoms with E-state index < -0.39 is 0 Å². The van der Waals surface area contributed by atoms with Crippen LogP contribution in [0, 0.1) is 20.8 Å². The van der Waals surface area contributed by atoms with Gasteiger partial charge in [-0.3, -0.25) is 9.59 Å². The molecule has 7 heteroatoms. The second-order valence-electron chi connectivity index (χ2n) is 9.27. The van der Waals surface area contributed by atoms with Gasteiger partial charge >= 0.3 is 0 Å². The van der Waals surface area contributed by atoms with E-state index in [2.05, 4.69) is 27.6 Å². The fourth-order valence-corrected chi connectivity index (χ4v) is 4.41. The largest absolute Gasteiger partial charge is 0.354 e. The van der Waals surface area contributed by atoms with E-state index in [9.17, 15) is 9.59 Å². The molecule has 0 radical (unpaired) electrons. The number of nitrogens with one attached hydrogen (secondary N) is 1. The lowest BCUT2D eigenvalue weighted by molar-refractivity contribution is -0.121. The molecule has 1 amide bonds. The Morgan fingerprint density at radius 3 is 2.43 bits per heavy atom. The van der Waals surface area contributed by atoms with Crippen molar-refractivity contribution < 1.29 is 4.79 Å². The zero-order valence-electron chi connectivity index (χ0n) is 20.9. The highest BCUT2D eigenvalue weighted by molar-refractivity contribution is 5.83. The summed E-state index contributed by atoms with van der Waals surface area (Å²) in [4.78, 5) is 25.5. The molecule has 0 aliphatic heterocycles. The maximum Gasteiger partial charge on any atom is 0.295 e. The van der Waals surface area contributed by atoms with E-state index in [0.717, 1.165) is 40.9 Å². The quantitative estimate of drug-likeness (QED) is 0.392. The molecule has 0 saturated carbocycles. The van der Waals surface area contributed by atoms with Crippen molar-refractivity contribution in [1.82, 2.24) is 24.9 Å². The Kier molecular flexibility index (Phi) is 7.44. The lowest BCUT2D eigenvalue weighted by Gasteiger charge is -2.14. The van der Waals surface area contributed by atoms with Crippen molar-refractivity contribution in [3.8, 4) is 5.69 Å². The van der Waals surface area contributed by atoms with E-state index in [1.54, 1.807) is 4.68 Å². The average Bonchev–Trinajstić information content (AvgIpc) is 3.20. The number of aryl methyl sites for hydroxylation is 5. The highest BCUT2D eigenvalue weighted by Crippen LogP contribution is 2.21. The number of benzene rings is 2. The van der Waals surface area contributed by atoms with Crippen molar-refractivity contribution in [3.05, 3.63) is 87.5 Å². The summed E-state index contributed by atoms with van der Waals surface area (Å²) in [7, 11) is 0. The molecule has 7 nitrogen and oxygen atoms in total. The molecule has 4 rings (SSSR count). The molecule has 0 aliphatic rings. The molecule has 1 N–H and O–H groups in total. The Hall–Kier alpha value is -3.74. The van der Waals surface area contributed by atoms with E-state index in [4.69, 9.17) is 0 Å². The SMILES string of the molecule is Cc1ccc(-n2nc3c(=O)n(CCCC(=O)N[C@H](C)CCc4ccccc4)nc(C)c3c2C)cc1. The Morgan fingerprint density at radius 1 is 1.00 bits per heavy atom. The van der Waals surface area contributed by atoms with E-state index in [1.165, 1.54) is 10.2 Å². The van der Waals surface area contributed by atoms with Crippen LogP contribution in [0.5, 0.6) is 0 Å². The van der Waals surface area contributed by atoms with Crippen LogP contribution in [0.2, 0.25) is 0 Å². The average molecular weight is 472 g/mol. The van der Waals surface area contributed by atoms with E-state index in [-0.39, 0.29) is 17.5 Å². The summed E-state index contributed by atoms with van der Waals surface area (Å²) in [6.45, 7) is 8.29. The molecule has 0 fully saturated rings. The molecular formula is C28H33N5O2. The monoisotopic (exact) mass is 471 g/mol. The number of carbonyl (C=O) groups is 1. The summed E-state index contributed by atoms with van der Waals surface area (Å²) in [6.07, 6.45) is 2.69. The minimum Gasteiger partial charge on any atom is -0.354 e. The highest BCUT2D eigenvalue weighted by Gasteiger charge is 2.17. The van der Waals surface area contributed by atoms with Gasteiger partial charge in [0.25, 0.3) is 5.56 Å². The molecule has 0 bridgehead atoms. The zero-order valence-corrected chi connectivity index (χ0v) is 20.9. The summed E-state index contributed by atoms with van der Waals surface area (Å²) in [5.41, 5.74) is 5.18. The second kappa shape index (κ2) is 10.7. The van der Waals surface area contributed by atoms with Crippen LogP contribution in [0.1, 0.15) is 48.7 Å². The lowest BCUT2D eigenvalue weighted by Crippen LogP contribution is -2.33. The summed E-state index contributed by atoms with van der Waals surface area (Å²) in [5, 5.41) is 13.0. The first-order valence-corrected chi connectivity index (χ1v) is 12.2. The maximum absolute atomic E-state index is 13.1. The Bertz CT molecular complexity index is 1370. The van der Waals surface area contributed by atoms with Crippen LogP contribution >= 0.6 is 0 Å². The van der Waals surface area contributed by atoms with Crippen LogP contribution in [-0.4, -0.2) is 31.5 Å². The molecule has 4 aromatic rings. The van der Waals surface area contributed by atoms with Crippen LogP contribution in [0.25, 0.3) is 16.6 Å². The van der Waals surface area contributed by atoms with E-state index in [1.807, 2.05) is 70.2 Å². The molecule has 35 heavy (non-hydrogen) atoms. The molecule has 0 aliphatic carbocycles. The number of amides is 1. The van der Waals surface area contributed by atoms with Gasteiger partial charge in [-0.2, -0.15) is 10.2 Å². The van der Waals surface area contributed by atoms with Gasteiger partial charge in [0.15, 0.2) is 5.52 Å². The topological polar surface area (TPSA) is 81.8 Å². The first-order valence-electron chi connectivity index (χ1n) is 12.2. The predicted molar refractivity (Wildman–Crippen MR) is 139 cm³/mol. The molecule has 182 valence electrons. The summed E-state index contributed by atoms with van der Waals surface area (Å²) in [6, 6.07) is 18.4. The van der Waals surface area contributed by atoms with Gasteiger partial charge in [0.05, 0.1) is 22.5 Å². The maximum atomic E-state index is 13.1. The van der Waals surface area contributed by atoms with Gasteiger partial charge in [-0.15, -0.1) is 0 Å². The van der Waals surface area contributed by atoms with Gasteiger partial charge in [0.1, 0.15) is 0 Å². The number of aromatic nitrogens is 4. The van der Waals surface area contributed by atoms with Gasteiger partial charge < -0.3 is 5.32 Å². The van der Waals surface area contributed by atoms with Crippen molar-refractivity contribution in [2.24, 2.45) is 0 Å². The first kappa shape index (κ1) is 24.4. The molecule has 1 atom stereocenters. The third kappa shape index (κ3) is 5.67. The van der Waals surface area contributed by atoms with Gasteiger partial charge in [-0.1, -0.05) is 48.0 Å². The van der Waals surface area contributed by atoms with Crippen molar-refractivity contribution in [2.45, 2.75) is 66.0 Å². The van der Waals surface area contributed by atoms with Crippen molar-refractivity contribution in [1.29, 1.82) is 0 Å². The number of nitrogens with zero attached hydrogens (tertiary/aromatic N) is 4. The Labute approximate surface area is 205 Å². The molecule has 2 aromatic carbocycles. The van der Waals surface area contributed by atoms with Crippen LogP contribution in [0.3, 0.4) is 0 Å². The minimum atomic E-state index is -0.226. The molecule has 0 unspecified atom stereocenters. The summed E-state index contributed by atoms with van der Waals surface area (Å²) < 4.78 is 3.24. The van der Waals surface area contributed by atoms with Crippen LogP contribution in [-0.2, 0) is 17.8 Å². The van der Waals surface area contributed by atoms with E-state index in [0.29, 0.717) is 24.9 Å². The van der Waals surface area contributed by atoms with Gasteiger partial charge in [-0.25, -0.2) is 9.36 Å². The van der Waals surface area contributed by atoms with Crippen LogP contribution < -0.4 is 10.9 Å². The van der Waals surface area contributed by atoms with Crippen LogP contribution in [0.15, 0.2) is 59.4 Å². The van der Waals surface area contributed by atoms with Crippen molar-refractivity contribution >= 4 is 16.8 Å². The summed E-state index contributed by atoms with van der Waals surface area (Å²) in [5.74, 6) is -0.00379. The molecule has 2 aromatic heterocycles. The van der Waals surface area contributed by atoms with Crippen molar-refractivity contribution in [2.75, 3.05) is 0 Å². The number of hydrogen-bond donors (Lipinski definition) is 1. The smallest absolute Gasteiger partial charge is 0.295 e. The first-order chi connectivity index (χ1) is 16.8. The number of carbonyl (C=O) groups excluding carboxylic acids is 1. The summed E-state index contributed by atoms with van der Waals surface area (Å²) >= 11 is 0. The van der Waals surface area contributed by atoms with Gasteiger partial charge in [0, 0.05) is 19.0 Å². The van der Waals surface area contributed by atoms with Gasteiger partial charge in [0.2, 0.25) is 5.91 Å². The number of fused-ring (bicyclic) bond motifs is 1. The number of rotatable bonds is 9. The van der Waals surface area contributed by atoms with E-state index >= 15 is 0 Å². The fourth-order valence-electron chi connectivity index (χ4n) is 4.41. The Morgan fingerprint density at radius 2 is 1.71 bits per heavy atom. The second-order valence-corrected chi connectivity index (χ2v) is 9.27. The Balaban J connectivity index is 1.38. The molecular weight excluding hydrogens is 438 g/mol. The zero-order chi connectivity index (χ0) is 24.9. The molecule has 0 saturated heterocycles. The van der Waals surface area contributed by atoms with Crippen LogP contribution in [0.4, 0.5) is 0 Å². The van der Waals surface area contributed by atoms with Gasteiger partial charge in [-0.05, 0) is 64.7 Å². The normalized spacial score (nSPS) is 12.1. The molecule has 2 heterocycles. The lowest BCUT2D eigenvalue weighted by atomic mass is 10.1. The van der Waals surface area contributed by atoms with Crippen molar-refractivity contribution in [3.63, 3.8) is 0 Å². The third-order valence-corrected chi connectivity index (χ3v) is 6.35. The highest BCUT2D eigenvalue weighted by atomic mass is 16.1. The fraction of sp³-hybridized carbons (Fsp3) is 0.357. The third-order valence-electron chi connectivity index (χ3n) is 6.35. The predicted octanol–water partition coefficient (Wildman–Crippen LogP) is 4.43.